The summed E-state index contributed by atoms with van der Waals surface area (Å²) in [6.07, 6.45) is 0. The summed E-state index contributed by atoms with van der Waals surface area (Å²) in [5, 5.41) is 8.90. The van der Waals surface area contributed by atoms with Gasteiger partial charge in [-0.3, -0.25) is 9.59 Å². The number of halogens is 1. The fourth-order valence-corrected chi connectivity index (χ4v) is 3.84. The molecule has 166 valence electrons. The minimum atomic E-state index is -1.12. The van der Waals surface area contributed by atoms with E-state index in [9.17, 15) is 18.8 Å². The molecule has 0 aliphatic heterocycles. The lowest BCUT2D eigenvalue weighted by Gasteiger charge is -2.26. The number of carboxylic acid groups (broad SMARTS) is 1. The molecule has 3 aromatic rings. The number of carbonyl (C=O) groups is 3. The van der Waals surface area contributed by atoms with Gasteiger partial charge >= 0.3 is 5.97 Å². The molecule has 5 N–H and O–H groups in total. The van der Waals surface area contributed by atoms with Crippen LogP contribution in [0.2, 0.25) is 0 Å². The second-order valence-corrected chi connectivity index (χ2v) is 7.65. The minimum Gasteiger partial charge on any atom is -0.482 e. The standard InChI is InChI=1S/C21H19FN4O5S/c1-11(20(24)30)26(14-6-4-13(22)5-7-14)21-25-19(23)18(32-21)17(29)12-2-8-15(9-3-12)31-10-16(27)28/h2-9,11H,10,23H2,1H3,(H2,24,30)(H,27,28)/t11-/m1/s1. The van der Waals surface area contributed by atoms with Gasteiger partial charge in [-0.05, 0) is 55.5 Å². The van der Waals surface area contributed by atoms with E-state index in [0.29, 0.717) is 11.4 Å². The third-order valence-corrected chi connectivity index (χ3v) is 5.51. The molecule has 0 aliphatic rings. The van der Waals surface area contributed by atoms with Gasteiger partial charge in [-0.2, -0.15) is 0 Å². The Bertz CT molecular complexity index is 1150. The van der Waals surface area contributed by atoms with Crippen molar-refractivity contribution in [3.8, 4) is 5.75 Å². The number of ether oxygens (including phenoxy) is 1. The van der Waals surface area contributed by atoms with Gasteiger partial charge < -0.3 is 26.2 Å². The molecule has 0 bridgehead atoms. The van der Waals surface area contributed by atoms with Crippen LogP contribution in [0.1, 0.15) is 22.2 Å². The van der Waals surface area contributed by atoms with Gasteiger partial charge in [-0.25, -0.2) is 14.2 Å². The van der Waals surface area contributed by atoms with Crippen molar-refractivity contribution in [2.45, 2.75) is 13.0 Å². The molecule has 1 amide bonds. The first kappa shape index (κ1) is 22.7. The number of rotatable bonds is 9. The van der Waals surface area contributed by atoms with E-state index in [4.69, 9.17) is 21.3 Å². The number of nitrogens with two attached hydrogens (primary N) is 2. The van der Waals surface area contributed by atoms with E-state index in [2.05, 4.69) is 4.98 Å². The molecule has 3 rings (SSSR count). The normalized spacial score (nSPS) is 11.6. The number of benzene rings is 2. The number of ketones is 1. The van der Waals surface area contributed by atoms with Gasteiger partial charge in [0.2, 0.25) is 11.7 Å². The molecule has 0 saturated carbocycles. The highest BCUT2D eigenvalue weighted by atomic mass is 32.1. The predicted molar refractivity (Wildman–Crippen MR) is 117 cm³/mol. The number of carboxylic acids is 1. The van der Waals surface area contributed by atoms with Gasteiger partial charge in [0.1, 0.15) is 28.3 Å². The van der Waals surface area contributed by atoms with E-state index < -0.39 is 36.1 Å². The van der Waals surface area contributed by atoms with E-state index in [1.165, 1.54) is 53.4 Å². The van der Waals surface area contributed by atoms with Crippen LogP contribution in [0, 0.1) is 5.82 Å². The Hall–Kier alpha value is -3.99. The first-order valence-corrected chi connectivity index (χ1v) is 10.1. The number of nitrogen functional groups attached to an aromatic ring is 1. The van der Waals surface area contributed by atoms with Gasteiger partial charge in [-0.1, -0.05) is 11.3 Å². The maximum absolute atomic E-state index is 13.4. The minimum absolute atomic E-state index is 0.0371. The third-order valence-electron chi connectivity index (χ3n) is 4.44. The molecule has 0 unspecified atom stereocenters. The molecular formula is C21H19FN4O5S. The van der Waals surface area contributed by atoms with Gasteiger partial charge in [0.15, 0.2) is 11.7 Å². The number of hydrogen-bond donors (Lipinski definition) is 3. The number of anilines is 3. The maximum atomic E-state index is 13.4. The van der Waals surface area contributed by atoms with E-state index in [-0.39, 0.29) is 21.4 Å². The number of thiazole rings is 1. The largest absolute Gasteiger partial charge is 0.482 e. The van der Waals surface area contributed by atoms with Gasteiger partial charge in [0.05, 0.1) is 0 Å². The average Bonchev–Trinajstić information content (AvgIpc) is 3.14. The molecule has 0 fully saturated rings. The molecule has 32 heavy (non-hydrogen) atoms. The van der Waals surface area contributed by atoms with Crippen LogP contribution < -0.4 is 21.1 Å². The Morgan fingerprint density at radius 3 is 2.34 bits per heavy atom. The SMILES string of the molecule is C[C@H](C(N)=O)N(c1ccc(F)cc1)c1nc(N)c(C(=O)c2ccc(OCC(=O)O)cc2)s1. The van der Waals surface area contributed by atoms with E-state index >= 15 is 0 Å². The van der Waals surface area contributed by atoms with E-state index in [1.807, 2.05) is 0 Å². The van der Waals surface area contributed by atoms with Gasteiger partial charge in [0.25, 0.3) is 0 Å². The lowest BCUT2D eigenvalue weighted by atomic mass is 10.1. The maximum Gasteiger partial charge on any atom is 0.341 e. The van der Waals surface area contributed by atoms with E-state index in [0.717, 1.165) is 11.3 Å². The number of aromatic nitrogens is 1. The zero-order chi connectivity index (χ0) is 23.4. The number of amides is 1. The summed E-state index contributed by atoms with van der Waals surface area (Å²) < 4.78 is 18.4. The number of hydrogen-bond acceptors (Lipinski definition) is 8. The van der Waals surface area contributed by atoms with Gasteiger partial charge in [-0.15, -0.1) is 0 Å². The molecule has 0 aliphatic carbocycles. The van der Waals surface area contributed by atoms with Crippen LogP contribution in [0.5, 0.6) is 5.75 Å². The first-order valence-electron chi connectivity index (χ1n) is 9.27. The lowest BCUT2D eigenvalue weighted by molar-refractivity contribution is -0.139. The van der Waals surface area contributed by atoms with Crippen molar-refractivity contribution >= 4 is 45.6 Å². The number of primary amides is 1. The van der Waals surface area contributed by atoms with Crippen molar-refractivity contribution in [2.75, 3.05) is 17.2 Å². The van der Waals surface area contributed by atoms with Crippen LogP contribution in [-0.2, 0) is 9.59 Å². The van der Waals surface area contributed by atoms with Crippen molar-refractivity contribution in [3.05, 3.63) is 64.8 Å². The van der Waals surface area contributed by atoms with Crippen LogP contribution in [0.15, 0.2) is 48.5 Å². The summed E-state index contributed by atoms with van der Waals surface area (Å²) in [6.45, 7) is 1.05. The molecule has 2 aromatic carbocycles. The van der Waals surface area contributed by atoms with Crippen LogP contribution in [0.3, 0.4) is 0 Å². The zero-order valence-electron chi connectivity index (χ0n) is 16.8. The first-order chi connectivity index (χ1) is 15.2. The van der Waals surface area contributed by atoms with Gasteiger partial charge in [0, 0.05) is 11.3 Å². The molecular weight excluding hydrogens is 439 g/mol. The lowest BCUT2D eigenvalue weighted by Crippen LogP contribution is -2.39. The second-order valence-electron chi connectivity index (χ2n) is 6.67. The molecule has 0 radical (unpaired) electrons. The highest BCUT2D eigenvalue weighted by molar-refractivity contribution is 7.18. The van der Waals surface area contributed by atoms with Crippen molar-refractivity contribution in [3.63, 3.8) is 0 Å². The summed E-state index contributed by atoms with van der Waals surface area (Å²) in [5.41, 5.74) is 12.2. The predicted octanol–water partition coefficient (Wildman–Crippen LogP) is 2.57. The smallest absolute Gasteiger partial charge is 0.341 e. The number of nitrogens with zero attached hydrogens (tertiary/aromatic N) is 2. The molecule has 9 nitrogen and oxygen atoms in total. The molecule has 0 saturated heterocycles. The Morgan fingerprint density at radius 2 is 1.78 bits per heavy atom. The summed E-state index contributed by atoms with van der Waals surface area (Å²) in [4.78, 5) is 41.3. The molecule has 11 heteroatoms. The van der Waals surface area contributed by atoms with Crippen molar-refractivity contribution in [1.82, 2.24) is 4.98 Å². The number of carbonyl (C=O) groups excluding carboxylic acids is 2. The Balaban J connectivity index is 1.91. The second kappa shape index (κ2) is 9.43. The van der Waals surface area contributed by atoms with Crippen LogP contribution in [-0.4, -0.2) is 40.4 Å². The Morgan fingerprint density at radius 1 is 1.16 bits per heavy atom. The highest BCUT2D eigenvalue weighted by Crippen LogP contribution is 2.36. The quantitative estimate of drug-likeness (QED) is 0.414. The molecule has 1 heterocycles. The van der Waals surface area contributed by atoms with Crippen molar-refractivity contribution < 1.29 is 28.6 Å². The summed E-state index contributed by atoms with van der Waals surface area (Å²) in [5.74, 6) is -2.38. The summed E-state index contributed by atoms with van der Waals surface area (Å²) in [6, 6.07) is 10.4. The van der Waals surface area contributed by atoms with Crippen LogP contribution in [0.25, 0.3) is 0 Å². The van der Waals surface area contributed by atoms with Crippen LogP contribution >= 0.6 is 11.3 Å². The number of aliphatic carboxylic acids is 1. The van der Waals surface area contributed by atoms with Crippen molar-refractivity contribution in [2.24, 2.45) is 5.73 Å². The fourth-order valence-electron chi connectivity index (χ4n) is 2.79. The molecule has 1 atom stereocenters. The summed E-state index contributed by atoms with van der Waals surface area (Å²) >= 11 is 0.963. The van der Waals surface area contributed by atoms with E-state index in [1.54, 1.807) is 6.92 Å². The van der Waals surface area contributed by atoms with Crippen LogP contribution in [0.4, 0.5) is 21.0 Å². The fraction of sp³-hybridized carbons (Fsp3) is 0.143. The topological polar surface area (TPSA) is 149 Å². The Labute approximate surface area is 186 Å². The summed E-state index contributed by atoms with van der Waals surface area (Å²) in [7, 11) is 0. The zero-order valence-corrected chi connectivity index (χ0v) is 17.6. The Kier molecular flexibility index (Phi) is 6.69. The molecule has 1 aromatic heterocycles. The average molecular weight is 458 g/mol. The molecule has 0 spiro atoms. The van der Waals surface area contributed by atoms with Crippen molar-refractivity contribution in [1.29, 1.82) is 0 Å². The third kappa shape index (κ3) is 5.01. The highest BCUT2D eigenvalue weighted by Gasteiger charge is 2.27. The monoisotopic (exact) mass is 458 g/mol.